The van der Waals surface area contributed by atoms with Crippen LogP contribution < -0.4 is 10.1 Å². The predicted octanol–water partition coefficient (Wildman–Crippen LogP) is 0.792. The van der Waals surface area contributed by atoms with Crippen molar-refractivity contribution in [2.75, 3.05) is 46.6 Å². The third-order valence-corrected chi connectivity index (χ3v) is 6.45. The van der Waals surface area contributed by atoms with Crippen molar-refractivity contribution >= 4 is 21.9 Å². The summed E-state index contributed by atoms with van der Waals surface area (Å²) in [5.74, 6) is -0.691. The first-order valence-corrected chi connectivity index (χ1v) is 11.0. The first-order valence-electron chi connectivity index (χ1n) is 9.53. The Morgan fingerprint density at radius 3 is 2.41 bits per heavy atom. The fourth-order valence-corrected chi connectivity index (χ4v) is 4.42. The highest BCUT2D eigenvalue weighted by Crippen LogP contribution is 2.25. The van der Waals surface area contributed by atoms with Gasteiger partial charge in [-0.2, -0.15) is 4.31 Å². The third-order valence-electron chi connectivity index (χ3n) is 4.53. The number of nitrogens with zero attached hydrogens (tertiary/aromatic N) is 1. The van der Waals surface area contributed by atoms with E-state index in [1.165, 1.54) is 23.5 Å². The summed E-state index contributed by atoms with van der Waals surface area (Å²) >= 11 is 0. The molecule has 0 radical (unpaired) electrons. The Hall–Kier alpha value is -2.17. The van der Waals surface area contributed by atoms with Crippen LogP contribution in [0, 0.1) is 5.92 Å². The average Bonchev–Trinajstić information content (AvgIpc) is 2.73. The van der Waals surface area contributed by atoms with E-state index < -0.39 is 27.8 Å². The molecule has 1 heterocycles. The van der Waals surface area contributed by atoms with Crippen molar-refractivity contribution in [1.29, 1.82) is 0 Å². The summed E-state index contributed by atoms with van der Waals surface area (Å²) in [6.07, 6.45) is 0.695. The smallest absolute Gasteiger partial charge is 0.309 e. The van der Waals surface area contributed by atoms with Gasteiger partial charge in [0, 0.05) is 26.7 Å². The number of esters is 1. The standard InChI is InChI=1S/C19H28N2O7S/c1-3-27-16-4-6-17(7-5-16)29(24,25)21-11-8-15(9-12-21)19(23)28-14-18(22)20-10-13-26-2/h4-7,15H,3,8-14H2,1-2H3,(H,20,22). The molecule has 1 aliphatic heterocycles. The van der Waals surface area contributed by atoms with Crippen molar-refractivity contribution in [2.24, 2.45) is 5.92 Å². The number of amides is 1. The molecule has 162 valence electrons. The van der Waals surface area contributed by atoms with Crippen molar-refractivity contribution in [3.63, 3.8) is 0 Å². The van der Waals surface area contributed by atoms with E-state index in [1.807, 2.05) is 6.92 Å². The molecule has 0 spiro atoms. The molecule has 0 atom stereocenters. The number of carbonyl (C=O) groups excluding carboxylic acids is 2. The van der Waals surface area contributed by atoms with Crippen LogP contribution >= 0.6 is 0 Å². The van der Waals surface area contributed by atoms with Gasteiger partial charge in [-0.1, -0.05) is 0 Å². The molecule has 0 aliphatic carbocycles. The summed E-state index contributed by atoms with van der Waals surface area (Å²) in [5.41, 5.74) is 0. The number of sulfonamides is 1. The fourth-order valence-electron chi connectivity index (χ4n) is 2.95. The SMILES string of the molecule is CCOc1ccc(S(=O)(=O)N2CCC(C(=O)OCC(=O)NCCOC)CC2)cc1. The Bertz CT molecular complexity index is 772. The molecular weight excluding hydrogens is 400 g/mol. The highest BCUT2D eigenvalue weighted by Gasteiger charge is 2.33. The number of piperidine rings is 1. The summed E-state index contributed by atoms with van der Waals surface area (Å²) in [5, 5.41) is 2.56. The number of hydrogen-bond acceptors (Lipinski definition) is 7. The first-order chi connectivity index (χ1) is 13.9. The van der Waals surface area contributed by atoms with Crippen LogP contribution in [-0.4, -0.2) is 71.2 Å². The number of hydrogen-bond donors (Lipinski definition) is 1. The van der Waals surface area contributed by atoms with E-state index in [0.717, 1.165) is 0 Å². The number of rotatable bonds is 10. The molecule has 1 aromatic rings. The second-order valence-electron chi connectivity index (χ2n) is 6.53. The molecule has 2 rings (SSSR count). The largest absolute Gasteiger partial charge is 0.494 e. The number of benzene rings is 1. The van der Waals surface area contributed by atoms with E-state index in [9.17, 15) is 18.0 Å². The molecule has 1 saturated heterocycles. The van der Waals surface area contributed by atoms with Crippen molar-refractivity contribution in [3.8, 4) is 5.75 Å². The fraction of sp³-hybridized carbons (Fsp3) is 0.579. The van der Waals surface area contributed by atoms with E-state index in [1.54, 1.807) is 12.1 Å². The van der Waals surface area contributed by atoms with Crippen LogP contribution in [-0.2, 0) is 29.1 Å². The summed E-state index contributed by atoms with van der Waals surface area (Å²) in [6.45, 7) is 3.16. The lowest BCUT2D eigenvalue weighted by Gasteiger charge is -2.30. The van der Waals surface area contributed by atoms with Gasteiger partial charge in [0.1, 0.15) is 5.75 Å². The van der Waals surface area contributed by atoms with E-state index >= 15 is 0 Å². The quantitative estimate of drug-likeness (QED) is 0.433. The second kappa shape index (κ2) is 11.1. The van der Waals surface area contributed by atoms with Gasteiger partial charge in [-0.3, -0.25) is 9.59 Å². The zero-order valence-electron chi connectivity index (χ0n) is 16.8. The molecule has 1 aromatic carbocycles. The maximum atomic E-state index is 12.8. The van der Waals surface area contributed by atoms with Gasteiger partial charge >= 0.3 is 5.97 Å². The molecule has 9 nitrogen and oxygen atoms in total. The number of ether oxygens (including phenoxy) is 3. The van der Waals surface area contributed by atoms with Crippen LogP contribution in [0.1, 0.15) is 19.8 Å². The maximum absolute atomic E-state index is 12.8. The minimum Gasteiger partial charge on any atom is -0.494 e. The summed E-state index contributed by atoms with van der Waals surface area (Å²) in [7, 11) is -2.11. The molecule has 10 heteroatoms. The van der Waals surface area contributed by atoms with Crippen molar-refractivity contribution in [3.05, 3.63) is 24.3 Å². The van der Waals surface area contributed by atoms with Crippen molar-refractivity contribution < 1.29 is 32.2 Å². The maximum Gasteiger partial charge on any atom is 0.309 e. The summed E-state index contributed by atoms with van der Waals surface area (Å²) in [4.78, 5) is 23.9. The van der Waals surface area contributed by atoms with Crippen LogP contribution in [0.25, 0.3) is 0 Å². The van der Waals surface area contributed by atoms with E-state index in [4.69, 9.17) is 14.2 Å². The molecule has 1 N–H and O–H groups in total. The highest BCUT2D eigenvalue weighted by molar-refractivity contribution is 7.89. The summed E-state index contributed by atoms with van der Waals surface area (Å²) < 4.78 is 42.1. The van der Waals surface area contributed by atoms with E-state index in [-0.39, 0.29) is 24.6 Å². The van der Waals surface area contributed by atoms with Gasteiger partial charge in [0.25, 0.3) is 5.91 Å². The Labute approximate surface area is 171 Å². The van der Waals surface area contributed by atoms with Gasteiger partial charge in [0.2, 0.25) is 10.0 Å². The summed E-state index contributed by atoms with van der Waals surface area (Å²) in [6, 6.07) is 6.28. The van der Waals surface area contributed by atoms with Gasteiger partial charge in [-0.05, 0) is 44.0 Å². The predicted molar refractivity (Wildman–Crippen MR) is 105 cm³/mol. The van der Waals surface area contributed by atoms with Gasteiger partial charge in [-0.15, -0.1) is 0 Å². The van der Waals surface area contributed by atoms with Crippen molar-refractivity contribution in [1.82, 2.24) is 9.62 Å². The minimum atomic E-state index is -3.63. The van der Waals surface area contributed by atoms with E-state index in [0.29, 0.717) is 38.3 Å². The number of methoxy groups -OCH3 is 1. The van der Waals surface area contributed by atoms with Crippen LogP contribution in [0.4, 0.5) is 0 Å². The van der Waals surface area contributed by atoms with Crippen LogP contribution in [0.3, 0.4) is 0 Å². The van der Waals surface area contributed by atoms with Gasteiger partial charge in [-0.25, -0.2) is 8.42 Å². The Balaban J connectivity index is 1.82. The first kappa shape index (κ1) is 23.1. The molecule has 0 aromatic heterocycles. The third kappa shape index (κ3) is 6.69. The Morgan fingerprint density at radius 1 is 1.17 bits per heavy atom. The van der Waals surface area contributed by atoms with Gasteiger partial charge in [0.05, 0.1) is 24.0 Å². The number of carbonyl (C=O) groups is 2. The van der Waals surface area contributed by atoms with Gasteiger partial charge in [0.15, 0.2) is 6.61 Å². The zero-order chi connectivity index (χ0) is 21.3. The normalized spacial score (nSPS) is 15.7. The Morgan fingerprint density at radius 2 is 1.83 bits per heavy atom. The molecule has 1 aliphatic rings. The average molecular weight is 429 g/mol. The monoisotopic (exact) mass is 428 g/mol. The topological polar surface area (TPSA) is 111 Å². The Kier molecular flexibility index (Phi) is 8.87. The number of nitrogens with one attached hydrogen (secondary N) is 1. The molecule has 1 fully saturated rings. The second-order valence-corrected chi connectivity index (χ2v) is 8.47. The molecule has 0 unspecified atom stereocenters. The lowest BCUT2D eigenvalue weighted by atomic mass is 9.98. The lowest BCUT2D eigenvalue weighted by molar-refractivity contribution is -0.153. The molecule has 0 saturated carbocycles. The zero-order valence-corrected chi connectivity index (χ0v) is 17.6. The lowest BCUT2D eigenvalue weighted by Crippen LogP contribution is -2.41. The molecular formula is C19H28N2O7S. The minimum absolute atomic E-state index is 0.190. The van der Waals surface area contributed by atoms with Crippen LogP contribution in [0.5, 0.6) is 5.75 Å². The molecule has 1 amide bonds. The van der Waals surface area contributed by atoms with E-state index in [2.05, 4.69) is 5.32 Å². The van der Waals surface area contributed by atoms with Crippen LogP contribution in [0.15, 0.2) is 29.2 Å². The molecule has 29 heavy (non-hydrogen) atoms. The van der Waals surface area contributed by atoms with Crippen molar-refractivity contribution in [2.45, 2.75) is 24.7 Å². The molecule has 0 bridgehead atoms. The van der Waals surface area contributed by atoms with Gasteiger partial charge < -0.3 is 19.5 Å². The van der Waals surface area contributed by atoms with Crippen LogP contribution in [0.2, 0.25) is 0 Å². The highest BCUT2D eigenvalue weighted by atomic mass is 32.2.